The van der Waals surface area contributed by atoms with E-state index in [1.165, 1.54) is 5.56 Å². The quantitative estimate of drug-likeness (QED) is 0.807. The van der Waals surface area contributed by atoms with Gasteiger partial charge >= 0.3 is 0 Å². The number of anilines is 1. The molecule has 0 amide bonds. The highest BCUT2D eigenvalue weighted by Gasteiger charge is 1.97. The third-order valence-electron chi connectivity index (χ3n) is 2.64. The number of nitrogens with one attached hydrogen (secondary N) is 1. The van der Waals surface area contributed by atoms with Gasteiger partial charge in [0.2, 0.25) is 0 Å². The van der Waals surface area contributed by atoms with Gasteiger partial charge in [0, 0.05) is 30.2 Å². The van der Waals surface area contributed by atoms with Gasteiger partial charge in [-0.25, -0.2) is 0 Å². The lowest BCUT2D eigenvalue weighted by atomic mass is 10.2. The van der Waals surface area contributed by atoms with Gasteiger partial charge in [-0.3, -0.25) is 4.98 Å². The Morgan fingerprint density at radius 3 is 2.61 bits per heavy atom. The van der Waals surface area contributed by atoms with Crippen LogP contribution < -0.4 is 11.1 Å². The SMILES string of the molecule is NC(=S)c1ccc(NCCc2cccnc2)cc1. The summed E-state index contributed by atoms with van der Waals surface area (Å²) in [6.07, 6.45) is 4.62. The second-order valence-electron chi connectivity index (χ2n) is 3.98. The highest BCUT2D eigenvalue weighted by Crippen LogP contribution is 2.09. The summed E-state index contributed by atoms with van der Waals surface area (Å²) in [4.78, 5) is 4.51. The third kappa shape index (κ3) is 3.53. The van der Waals surface area contributed by atoms with Crippen LogP contribution in [0.4, 0.5) is 5.69 Å². The maximum Gasteiger partial charge on any atom is 0.103 e. The van der Waals surface area contributed by atoms with Gasteiger partial charge in [0.1, 0.15) is 4.99 Å². The van der Waals surface area contributed by atoms with E-state index in [9.17, 15) is 0 Å². The molecular formula is C14H15N3S. The van der Waals surface area contributed by atoms with Crippen LogP contribution in [-0.4, -0.2) is 16.5 Å². The van der Waals surface area contributed by atoms with Crippen molar-refractivity contribution in [3.63, 3.8) is 0 Å². The second kappa shape index (κ2) is 6.12. The monoisotopic (exact) mass is 257 g/mol. The Morgan fingerprint density at radius 1 is 1.22 bits per heavy atom. The van der Waals surface area contributed by atoms with E-state index in [4.69, 9.17) is 18.0 Å². The first-order chi connectivity index (χ1) is 8.75. The summed E-state index contributed by atoms with van der Waals surface area (Å²) in [6.45, 7) is 0.873. The van der Waals surface area contributed by atoms with Crippen molar-refractivity contribution >= 4 is 22.9 Å². The van der Waals surface area contributed by atoms with Crippen LogP contribution in [0.3, 0.4) is 0 Å². The zero-order valence-electron chi connectivity index (χ0n) is 9.97. The smallest absolute Gasteiger partial charge is 0.103 e. The fourth-order valence-corrected chi connectivity index (χ4v) is 1.79. The molecule has 1 heterocycles. The Bertz CT molecular complexity index is 508. The molecule has 0 fully saturated rings. The Balaban J connectivity index is 1.85. The van der Waals surface area contributed by atoms with Crippen LogP contribution in [-0.2, 0) is 6.42 Å². The summed E-state index contributed by atoms with van der Waals surface area (Å²) in [5.41, 5.74) is 8.73. The van der Waals surface area contributed by atoms with E-state index in [0.717, 1.165) is 24.2 Å². The highest BCUT2D eigenvalue weighted by atomic mass is 32.1. The number of pyridine rings is 1. The summed E-state index contributed by atoms with van der Waals surface area (Å²) >= 11 is 4.91. The minimum absolute atomic E-state index is 0.428. The maximum absolute atomic E-state index is 5.54. The Labute approximate surface area is 112 Å². The number of rotatable bonds is 5. The van der Waals surface area contributed by atoms with E-state index in [1.807, 2.05) is 36.5 Å². The van der Waals surface area contributed by atoms with E-state index in [1.54, 1.807) is 6.20 Å². The molecular weight excluding hydrogens is 242 g/mol. The molecule has 0 aliphatic heterocycles. The molecule has 1 aromatic heterocycles. The zero-order chi connectivity index (χ0) is 12.8. The van der Waals surface area contributed by atoms with Gasteiger partial charge < -0.3 is 11.1 Å². The summed E-state index contributed by atoms with van der Waals surface area (Å²) < 4.78 is 0. The minimum atomic E-state index is 0.428. The fourth-order valence-electron chi connectivity index (χ4n) is 1.65. The first kappa shape index (κ1) is 12.5. The van der Waals surface area contributed by atoms with Crippen LogP contribution in [0.5, 0.6) is 0 Å². The second-order valence-corrected chi connectivity index (χ2v) is 4.42. The average Bonchev–Trinajstić information content (AvgIpc) is 2.40. The van der Waals surface area contributed by atoms with Crippen molar-refractivity contribution in [3.8, 4) is 0 Å². The molecule has 0 bridgehead atoms. The van der Waals surface area contributed by atoms with Gasteiger partial charge in [0.05, 0.1) is 0 Å². The van der Waals surface area contributed by atoms with Gasteiger partial charge in [-0.2, -0.15) is 0 Å². The molecule has 0 radical (unpaired) electrons. The molecule has 0 aliphatic rings. The van der Waals surface area contributed by atoms with Crippen molar-refractivity contribution in [1.82, 2.24) is 4.98 Å². The number of thiocarbonyl (C=S) groups is 1. The molecule has 92 valence electrons. The lowest BCUT2D eigenvalue weighted by Gasteiger charge is -2.07. The first-order valence-electron chi connectivity index (χ1n) is 5.78. The standard InChI is InChI=1S/C14H15N3S/c15-14(18)12-3-5-13(6-4-12)17-9-7-11-2-1-8-16-10-11/h1-6,8,10,17H,7,9H2,(H2,15,18). The maximum atomic E-state index is 5.54. The molecule has 4 heteroatoms. The predicted molar refractivity (Wildman–Crippen MR) is 78.8 cm³/mol. The highest BCUT2D eigenvalue weighted by molar-refractivity contribution is 7.80. The molecule has 0 spiro atoms. The minimum Gasteiger partial charge on any atom is -0.389 e. The lowest BCUT2D eigenvalue weighted by molar-refractivity contribution is 1.01. The Morgan fingerprint density at radius 2 is 2.00 bits per heavy atom. The van der Waals surface area contributed by atoms with Crippen LogP contribution in [0, 0.1) is 0 Å². The van der Waals surface area contributed by atoms with Crippen LogP contribution in [0.2, 0.25) is 0 Å². The molecule has 0 atom stereocenters. The van der Waals surface area contributed by atoms with E-state index in [-0.39, 0.29) is 0 Å². The molecule has 0 unspecified atom stereocenters. The molecule has 2 aromatic rings. The van der Waals surface area contributed by atoms with Crippen LogP contribution in [0.1, 0.15) is 11.1 Å². The van der Waals surface area contributed by atoms with Crippen molar-refractivity contribution in [1.29, 1.82) is 0 Å². The zero-order valence-corrected chi connectivity index (χ0v) is 10.8. The average molecular weight is 257 g/mol. The summed E-state index contributed by atoms with van der Waals surface area (Å²) in [6, 6.07) is 11.8. The summed E-state index contributed by atoms with van der Waals surface area (Å²) in [5, 5.41) is 3.35. The van der Waals surface area contributed by atoms with Crippen LogP contribution in [0.15, 0.2) is 48.8 Å². The van der Waals surface area contributed by atoms with E-state index >= 15 is 0 Å². The van der Waals surface area contributed by atoms with Crippen molar-refractivity contribution in [2.75, 3.05) is 11.9 Å². The van der Waals surface area contributed by atoms with Gasteiger partial charge in [-0.15, -0.1) is 0 Å². The number of hydrogen-bond donors (Lipinski definition) is 2. The molecule has 3 N–H and O–H groups in total. The number of nitrogens with two attached hydrogens (primary N) is 1. The number of aromatic nitrogens is 1. The van der Waals surface area contributed by atoms with E-state index in [2.05, 4.69) is 16.4 Å². The molecule has 18 heavy (non-hydrogen) atoms. The molecule has 1 aromatic carbocycles. The normalized spacial score (nSPS) is 10.0. The topological polar surface area (TPSA) is 50.9 Å². The molecule has 0 aliphatic carbocycles. The Hall–Kier alpha value is -1.94. The van der Waals surface area contributed by atoms with E-state index < -0.39 is 0 Å². The number of benzene rings is 1. The fraction of sp³-hybridized carbons (Fsp3) is 0.143. The number of hydrogen-bond acceptors (Lipinski definition) is 3. The van der Waals surface area contributed by atoms with Crippen LogP contribution in [0.25, 0.3) is 0 Å². The summed E-state index contributed by atoms with van der Waals surface area (Å²) in [7, 11) is 0. The van der Waals surface area contributed by atoms with E-state index in [0.29, 0.717) is 4.99 Å². The largest absolute Gasteiger partial charge is 0.389 e. The molecule has 2 rings (SSSR count). The lowest BCUT2D eigenvalue weighted by Crippen LogP contribution is -2.09. The van der Waals surface area contributed by atoms with Crippen molar-refractivity contribution in [3.05, 3.63) is 59.9 Å². The van der Waals surface area contributed by atoms with Gasteiger partial charge in [-0.05, 0) is 42.3 Å². The van der Waals surface area contributed by atoms with Crippen LogP contribution >= 0.6 is 12.2 Å². The van der Waals surface area contributed by atoms with Gasteiger partial charge in [0.25, 0.3) is 0 Å². The summed E-state index contributed by atoms with van der Waals surface area (Å²) in [5.74, 6) is 0. The van der Waals surface area contributed by atoms with Crippen molar-refractivity contribution in [2.24, 2.45) is 5.73 Å². The molecule has 0 saturated carbocycles. The third-order valence-corrected chi connectivity index (χ3v) is 2.87. The molecule has 3 nitrogen and oxygen atoms in total. The van der Waals surface area contributed by atoms with Crippen molar-refractivity contribution in [2.45, 2.75) is 6.42 Å². The Kier molecular flexibility index (Phi) is 4.25. The predicted octanol–water partition coefficient (Wildman–Crippen LogP) is 2.37. The van der Waals surface area contributed by atoms with Gasteiger partial charge in [0.15, 0.2) is 0 Å². The number of nitrogens with zero attached hydrogens (tertiary/aromatic N) is 1. The molecule has 0 saturated heterocycles. The first-order valence-corrected chi connectivity index (χ1v) is 6.19. The van der Waals surface area contributed by atoms with Gasteiger partial charge in [-0.1, -0.05) is 18.3 Å². The van der Waals surface area contributed by atoms with Crippen molar-refractivity contribution < 1.29 is 0 Å².